The van der Waals surface area contributed by atoms with Gasteiger partial charge in [-0.1, -0.05) is 164 Å². The molecule has 0 amide bonds. The fraction of sp³-hybridized carbons (Fsp3) is 0.0189. The van der Waals surface area contributed by atoms with Gasteiger partial charge in [0.2, 0.25) is 0 Å². The molecule has 10 aromatic rings. The van der Waals surface area contributed by atoms with Crippen LogP contribution in [0.2, 0.25) is 0 Å². The van der Waals surface area contributed by atoms with Crippen LogP contribution in [-0.2, 0) is 5.41 Å². The number of rotatable bonds is 6. The van der Waals surface area contributed by atoms with E-state index >= 15 is 0 Å². The summed E-state index contributed by atoms with van der Waals surface area (Å²) in [7, 11) is 0. The Morgan fingerprint density at radius 1 is 0.339 bits per heavy atom. The van der Waals surface area contributed by atoms with Crippen LogP contribution >= 0.6 is 0 Å². The maximum absolute atomic E-state index is 6.16. The number of fused-ring (bicyclic) bond motifs is 6. The normalized spacial score (nSPS) is 12.8. The van der Waals surface area contributed by atoms with Crippen molar-refractivity contribution in [2.24, 2.45) is 0 Å². The molecule has 0 atom stereocenters. The average Bonchev–Trinajstić information content (AvgIpc) is 3.81. The van der Waals surface area contributed by atoms with Crippen molar-refractivity contribution in [3.05, 3.63) is 229 Å². The van der Waals surface area contributed by atoms with E-state index in [-0.39, 0.29) is 0 Å². The lowest BCUT2D eigenvalue weighted by molar-refractivity contribution is 0.669. The third-order valence-electron chi connectivity index (χ3n) is 11.4. The fourth-order valence-electron chi connectivity index (χ4n) is 8.85. The van der Waals surface area contributed by atoms with Crippen LogP contribution in [0.1, 0.15) is 22.3 Å². The summed E-state index contributed by atoms with van der Waals surface area (Å²) in [4.78, 5) is 10.3. The number of benzene rings is 8. The minimum atomic E-state index is -0.463. The summed E-state index contributed by atoms with van der Waals surface area (Å²) in [6.07, 6.45) is 0. The van der Waals surface area contributed by atoms with Crippen LogP contribution < -0.4 is 0 Å². The number of hydrogen-bond donors (Lipinski definition) is 0. The highest BCUT2D eigenvalue weighted by molar-refractivity contribution is 6.06. The SMILES string of the molecule is c1ccc(-c2nc(-c3cccc(-c4cccc(C5(c6ccccc6)c6ccccc6-c6ccccc65)c4)c3)cc(-c3ccc4oc5ccccc5c4c3)n2)cc1. The molecule has 0 bridgehead atoms. The lowest BCUT2D eigenvalue weighted by atomic mass is 9.67. The van der Waals surface area contributed by atoms with E-state index in [1.807, 2.05) is 36.4 Å². The van der Waals surface area contributed by atoms with Gasteiger partial charge in [-0.2, -0.15) is 0 Å². The second-order valence-electron chi connectivity index (χ2n) is 14.5. The van der Waals surface area contributed by atoms with Gasteiger partial charge in [0.05, 0.1) is 16.8 Å². The highest BCUT2D eigenvalue weighted by Gasteiger charge is 2.45. The minimum absolute atomic E-state index is 0.463. The van der Waals surface area contributed by atoms with Crippen LogP contribution in [0.15, 0.2) is 211 Å². The largest absolute Gasteiger partial charge is 0.456 e. The zero-order valence-corrected chi connectivity index (χ0v) is 30.4. The highest BCUT2D eigenvalue weighted by atomic mass is 16.3. The van der Waals surface area contributed by atoms with E-state index in [1.165, 1.54) is 33.4 Å². The smallest absolute Gasteiger partial charge is 0.160 e. The van der Waals surface area contributed by atoms with Gasteiger partial charge in [0.25, 0.3) is 0 Å². The average molecular weight is 715 g/mol. The minimum Gasteiger partial charge on any atom is -0.456 e. The molecule has 262 valence electrons. The van der Waals surface area contributed by atoms with Crippen molar-refractivity contribution >= 4 is 21.9 Å². The van der Waals surface area contributed by atoms with Crippen molar-refractivity contribution in [1.82, 2.24) is 9.97 Å². The molecule has 2 aromatic heterocycles. The molecule has 0 saturated carbocycles. The number of hydrogen-bond acceptors (Lipinski definition) is 3. The first-order valence-corrected chi connectivity index (χ1v) is 19.1. The zero-order valence-electron chi connectivity index (χ0n) is 30.4. The number of aromatic nitrogens is 2. The summed E-state index contributed by atoms with van der Waals surface area (Å²) in [5.41, 5.74) is 16.0. The van der Waals surface area contributed by atoms with Gasteiger partial charge in [0, 0.05) is 27.5 Å². The van der Waals surface area contributed by atoms with Crippen LogP contribution in [0, 0.1) is 0 Å². The van der Waals surface area contributed by atoms with Crippen molar-refractivity contribution < 1.29 is 4.42 Å². The molecule has 0 saturated heterocycles. The molecule has 3 nitrogen and oxygen atoms in total. The summed E-state index contributed by atoms with van der Waals surface area (Å²) in [5, 5.41) is 2.16. The lowest BCUT2D eigenvalue weighted by Gasteiger charge is -2.34. The molecule has 1 aliphatic carbocycles. The van der Waals surface area contributed by atoms with Crippen LogP contribution in [-0.4, -0.2) is 9.97 Å². The Labute approximate surface area is 325 Å². The van der Waals surface area contributed by atoms with Crippen molar-refractivity contribution in [3.63, 3.8) is 0 Å². The molecule has 0 fully saturated rings. The van der Waals surface area contributed by atoms with Gasteiger partial charge in [-0.3, -0.25) is 0 Å². The van der Waals surface area contributed by atoms with E-state index < -0.39 is 5.41 Å². The summed E-state index contributed by atoms with van der Waals surface area (Å²) >= 11 is 0. The Hall–Kier alpha value is -7.36. The summed E-state index contributed by atoms with van der Waals surface area (Å²) in [6.45, 7) is 0. The standard InChI is InChI=1S/C53H34N2O/c1-3-15-35(16-4-1)52-54-48(34-49(55-52)39-29-30-51-45(33-39)44-25-9-12-28-50(44)56-51)38-19-13-17-36(31-38)37-18-14-22-41(32-37)53(40-20-5-2-6-21-40)46-26-10-7-23-42(46)43-24-8-11-27-47(43)53/h1-34H. The second-order valence-corrected chi connectivity index (χ2v) is 14.5. The molecule has 0 aliphatic heterocycles. The van der Waals surface area contributed by atoms with Gasteiger partial charge in [0.15, 0.2) is 5.82 Å². The van der Waals surface area contributed by atoms with Crippen LogP contribution in [0.3, 0.4) is 0 Å². The maximum atomic E-state index is 6.16. The van der Waals surface area contributed by atoms with E-state index in [0.29, 0.717) is 5.82 Å². The third-order valence-corrected chi connectivity index (χ3v) is 11.4. The molecular formula is C53H34N2O. The van der Waals surface area contributed by atoms with E-state index in [0.717, 1.165) is 61.1 Å². The first kappa shape index (κ1) is 32.1. The summed E-state index contributed by atoms with van der Waals surface area (Å²) < 4.78 is 6.16. The Morgan fingerprint density at radius 3 is 1.62 bits per heavy atom. The van der Waals surface area contributed by atoms with Crippen molar-refractivity contribution in [2.45, 2.75) is 5.41 Å². The van der Waals surface area contributed by atoms with E-state index in [2.05, 4.69) is 170 Å². The predicted octanol–water partition coefficient (Wildman–Crippen LogP) is 13.4. The molecule has 8 aromatic carbocycles. The molecule has 0 spiro atoms. The number of furan rings is 1. The molecule has 11 rings (SSSR count). The van der Waals surface area contributed by atoms with Gasteiger partial charge in [-0.15, -0.1) is 0 Å². The monoisotopic (exact) mass is 714 g/mol. The molecular weight excluding hydrogens is 681 g/mol. The van der Waals surface area contributed by atoms with Gasteiger partial charge in [0.1, 0.15) is 11.2 Å². The van der Waals surface area contributed by atoms with Crippen LogP contribution in [0.5, 0.6) is 0 Å². The Morgan fingerprint density at radius 2 is 0.875 bits per heavy atom. The summed E-state index contributed by atoms with van der Waals surface area (Å²) in [5.74, 6) is 0.686. The molecule has 1 aliphatic rings. The van der Waals surface area contributed by atoms with E-state index in [4.69, 9.17) is 14.4 Å². The lowest BCUT2D eigenvalue weighted by Crippen LogP contribution is -2.28. The first-order valence-electron chi connectivity index (χ1n) is 19.1. The van der Waals surface area contributed by atoms with Crippen molar-refractivity contribution in [1.29, 1.82) is 0 Å². The zero-order chi connectivity index (χ0) is 37.1. The molecule has 56 heavy (non-hydrogen) atoms. The van der Waals surface area contributed by atoms with Crippen molar-refractivity contribution in [2.75, 3.05) is 0 Å². The molecule has 0 N–H and O–H groups in total. The molecule has 0 radical (unpaired) electrons. The van der Waals surface area contributed by atoms with E-state index in [9.17, 15) is 0 Å². The van der Waals surface area contributed by atoms with Crippen molar-refractivity contribution in [3.8, 4) is 56.2 Å². The highest BCUT2D eigenvalue weighted by Crippen LogP contribution is 2.56. The number of nitrogens with zero attached hydrogens (tertiary/aromatic N) is 2. The fourth-order valence-corrected chi connectivity index (χ4v) is 8.85. The first-order chi connectivity index (χ1) is 27.7. The van der Waals surface area contributed by atoms with Gasteiger partial charge in [-0.25, -0.2) is 9.97 Å². The van der Waals surface area contributed by atoms with Crippen LogP contribution in [0.25, 0.3) is 78.1 Å². The molecule has 0 unspecified atom stereocenters. The predicted molar refractivity (Wildman–Crippen MR) is 228 cm³/mol. The molecule has 2 heterocycles. The topological polar surface area (TPSA) is 38.9 Å². The van der Waals surface area contributed by atoms with Gasteiger partial charge >= 0.3 is 0 Å². The Balaban J connectivity index is 1.06. The Kier molecular flexibility index (Phi) is 7.39. The second kappa shape index (κ2) is 12.9. The van der Waals surface area contributed by atoms with Gasteiger partial charge in [-0.05, 0) is 87.0 Å². The molecule has 3 heteroatoms. The quantitative estimate of drug-likeness (QED) is 0.172. The maximum Gasteiger partial charge on any atom is 0.160 e. The third kappa shape index (κ3) is 5.05. The van der Waals surface area contributed by atoms with Crippen LogP contribution in [0.4, 0.5) is 0 Å². The summed E-state index contributed by atoms with van der Waals surface area (Å²) in [6, 6.07) is 73.5. The number of para-hydroxylation sites is 1. The van der Waals surface area contributed by atoms with Gasteiger partial charge < -0.3 is 4.42 Å². The Bertz CT molecular complexity index is 3040. The van der Waals surface area contributed by atoms with E-state index in [1.54, 1.807) is 0 Å².